The van der Waals surface area contributed by atoms with Gasteiger partial charge in [-0.25, -0.2) is 0 Å². The Bertz CT molecular complexity index is 2130. The molecule has 0 bridgehead atoms. The van der Waals surface area contributed by atoms with Crippen LogP contribution < -0.4 is 16.4 Å². The molecule has 2 heteroatoms. The lowest BCUT2D eigenvalue weighted by Gasteiger charge is -2.38. The van der Waals surface area contributed by atoms with Crippen LogP contribution in [-0.2, 0) is 0 Å². The molecular formula is C32H16BN. The van der Waals surface area contributed by atoms with E-state index in [1.165, 1.54) is 87.7 Å². The summed E-state index contributed by atoms with van der Waals surface area (Å²) in [4.78, 5) is 0. The number of fused-ring (bicyclic) bond motifs is 6. The Kier molecular flexibility index (Phi) is 2.45. The van der Waals surface area contributed by atoms with E-state index in [1.54, 1.807) is 0 Å². The van der Waals surface area contributed by atoms with E-state index in [0.717, 1.165) is 0 Å². The van der Waals surface area contributed by atoms with E-state index >= 15 is 0 Å². The molecular weight excluding hydrogens is 409 g/mol. The van der Waals surface area contributed by atoms with Crippen LogP contribution in [0.3, 0.4) is 0 Å². The zero-order chi connectivity index (χ0) is 21.7. The molecule has 0 unspecified atom stereocenters. The van der Waals surface area contributed by atoms with Crippen molar-refractivity contribution < 1.29 is 0 Å². The van der Waals surface area contributed by atoms with Gasteiger partial charge in [0.25, 0.3) is 0 Å². The summed E-state index contributed by atoms with van der Waals surface area (Å²) in [5, 5.41) is 8.29. The largest absolute Gasteiger partial charge is 0.310 e. The van der Waals surface area contributed by atoms with Crippen LogP contribution in [-0.4, -0.2) is 11.3 Å². The molecule has 3 aliphatic rings. The number of para-hydroxylation sites is 1. The lowest BCUT2D eigenvalue weighted by Crippen LogP contribution is -2.60. The molecule has 7 aromatic rings. The predicted molar refractivity (Wildman–Crippen MR) is 145 cm³/mol. The van der Waals surface area contributed by atoms with E-state index in [0.29, 0.717) is 0 Å². The third kappa shape index (κ3) is 1.53. The minimum absolute atomic E-state index is 0.276. The Morgan fingerprint density at radius 1 is 0.500 bits per heavy atom. The van der Waals surface area contributed by atoms with Crippen LogP contribution in [0.25, 0.3) is 71.3 Å². The quantitative estimate of drug-likeness (QED) is 0.268. The minimum Gasteiger partial charge on any atom is -0.310 e. The maximum Gasteiger partial charge on any atom is 0.249 e. The first-order valence-corrected chi connectivity index (χ1v) is 12.1. The summed E-state index contributed by atoms with van der Waals surface area (Å²) < 4.78 is 2.57. The summed E-state index contributed by atoms with van der Waals surface area (Å²) in [5.74, 6) is 0. The van der Waals surface area contributed by atoms with Crippen LogP contribution in [0.5, 0.6) is 0 Å². The summed E-state index contributed by atoms with van der Waals surface area (Å²) in [5.41, 5.74) is 14.1. The first kappa shape index (κ1) is 16.3. The summed E-state index contributed by atoms with van der Waals surface area (Å²) >= 11 is 0. The van der Waals surface area contributed by atoms with Crippen LogP contribution in [0.15, 0.2) is 97.1 Å². The molecule has 0 N–H and O–H groups in total. The number of nitrogens with zero attached hydrogens (tertiary/aromatic N) is 1. The van der Waals surface area contributed by atoms with Crippen molar-refractivity contribution >= 4 is 66.5 Å². The third-order valence-electron chi connectivity index (χ3n) is 8.69. The Morgan fingerprint density at radius 3 is 2.06 bits per heavy atom. The van der Waals surface area contributed by atoms with Crippen LogP contribution in [0.2, 0.25) is 0 Å². The fraction of sp³-hybridized carbons (Fsp3) is 0. The molecule has 0 aliphatic carbocycles. The lowest BCUT2D eigenvalue weighted by atomic mass is 9.30. The number of aromatic nitrogens is 1. The highest BCUT2D eigenvalue weighted by molar-refractivity contribution is 7.03. The summed E-state index contributed by atoms with van der Waals surface area (Å²) in [6.45, 7) is 0.276. The standard InChI is InChI=1S/C32H16BN/c1-2-13-25-19(8-1)24-16-18-7-4-10-21-23-12-5-11-22-20-9-3-6-17-14-15-26-30(27(17)20)33(29(22)23)31(28(18)21)32(24)34(25)26/h1-16H. The Balaban J connectivity index is 1.64. The van der Waals surface area contributed by atoms with Gasteiger partial charge in [-0.15, -0.1) is 0 Å². The predicted octanol–water partition coefficient (Wildman–Crippen LogP) is 5.88. The Hall–Kier alpha value is -4.30. The normalized spacial score (nSPS) is 13.8. The summed E-state index contributed by atoms with van der Waals surface area (Å²) in [6, 6.07) is 36.7. The molecule has 1 nitrogen and oxygen atoms in total. The third-order valence-corrected chi connectivity index (χ3v) is 8.69. The van der Waals surface area contributed by atoms with E-state index in [9.17, 15) is 0 Å². The van der Waals surface area contributed by atoms with Crippen molar-refractivity contribution in [1.29, 1.82) is 0 Å². The SMILES string of the molecule is c1cc2c3c(c1)-c1cccc4cc5c6ccccc6n6c5c(c14)B3c1c-6ccc3cccc-2c13. The number of rotatable bonds is 0. The van der Waals surface area contributed by atoms with Gasteiger partial charge < -0.3 is 4.57 Å². The van der Waals surface area contributed by atoms with Gasteiger partial charge in [0.05, 0.1) is 11.0 Å². The van der Waals surface area contributed by atoms with Gasteiger partial charge in [-0.2, -0.15) is 0 Å². The number of benzene rings is 6. The zero-order valence-corrected chi connectivity index (χ0v) is 18.3. The van der Waals surface area contributed by atoms with Gasteiger partial charge in [-0.3, -0.25) is 0 Å². The van der Waals surface area contributed by atoms with Gasteiger partial charge in [0, 0.05) is 16.5 Å². The molecule has 4 heterocycles. The van der Waals surface area contributed by atoms with Crippen molar-refractivity contribution in [3.63, 3.8) is 0 Å². The van der Waals surface area contributed by atoms with Gasteiger partial charge in [-0.05, 0) is 72.9 Å². The topological polar surface area (TPSA) is 4.93 Å². The van der Waals surface area contributed by atoms with Gasteiger partial charge in [0.2, 0.25) is 6.71 Å². The highest BCUT2D eigenvalue weighted by Gasteiger charge is 2.44. The fourth-order valence-electron chi connectivity index (χ4n) is 7.58. The van der Waals surface area contributed by atoms with Gasteiger partial charge in [0.15, 0.2) is 0 Å². The zero-order valence-electron chi connectivity index (χ0n) is 18.3. The van der Waals surface area contributed by atoms with E-state index in [4.69, 9.17) is 0 Å². The second kappa shape index (κ2) is 5.10. The molecule has 0 radical (unpaired) electrons. The van der Waals surface area contributed by atoms with Crippen molar-refractivity contribution in [2.75, 3.05) is 0 Å². The molecule has 3 aliphatic heterocycles. The molecule has 0 saturated heterocycles. The molecule has 10 rings (SSSR count). The Morgan fingerprint density at radius 2 is 1.21 bits per heavy atom. The maximum absolute atomic E-state index is 2.57. The fourth-order valence-corrected chi connectivity index (χ4v) is 7.58. The van der Waals surface area contributed by atoms with Crippen LogP contribution >= 0.6 is 0 Å². The van der Waals surface area contributed by atoms with Gasteiger partial charge in [0.1, 0.15) is 0 Å². The molecule has 0 amide bonds. The van der Waals surface area contributed by atoms with Crippen molar-refractivity contribution in [3.8, 4) is 27.9 Å². The highest BCUT2D eigenvalue weighted by Crippen LogP contribution is 2.44. The van der Waals surface area contributed by atoms with Crippen molar-refractivity contribution in [2.24, 2.45) is 0 Å². The van der Waals surface area contributed by atoms with Crippen LogP contribution in [0.1, 0.15) is 0 Å². The van der Waals surface area contributed by atoms with Crippen molar-refractivity contribution in [1.82, 2.24) is 4.57 Å². The lowest BCUT2D eigenvalue weighted by molar-refractivity contribution is 1.19. The molecule has 0 spiro atoms. The molecule has 0 fully saturated rings. The molecule has 152 valence electrons. The second-order valence-electron chi connectivity index (χ2n) is 10.0. The van der Waals surface area contributed by atoms with E-state index in [1.807, 2.05) is 0 Å². The number of hydrogen-bond acceptors (Lipinski definition) is 0. The van der Waals surface area contributed by atoms with E-state index in [2.05, 4.69) is 102 Å². The van der Waals surface area contributed by atoms with Crippen LogP contribution in [0.4, 0.5) is 0 Å². The summed E-state index contributed by atoms with van der Waals surface area (Å²) in [7, 11) is 0. The van der Waals surface area contributed by atoms with E-state index in [-0.39, 0.29) is 6.71 Å². The van der Waals surface area contributed by atoms with E-state index < -0.39 is 0 Å². The highest BCUT2D eigenvalue weighted by atomic mass is 15.0. The Labute approximate surface area is 195 Å². The smallest absolute Gasteiger partial charge is 0.249 e. The second-order valence-corrected chi connectivity index (χ2v) is 10.0. The molecule has 0 saturated carbocycles. The van der Waals surface area contributed by atoms with Crippen molar-refractivity contribution in [3.05, 3.63) is 97.1 Å². The first-order valence-electron chi connectivity index (χ1n) is 12.1. The molecule has 34 heavy (non-hydrogen) atoms. The molecule has 1 aromatic heterocycles. The van der Waals surface area contributed by atoms with Crippen molar-refractivity contribution in [2.45, 2.75) is 0 Å². The summed E-state index contributed by atoms with van der Waals surface area (Å²) in [6.07, 6.45) is 0. The minimum atomic E-state index is 0.276. The average Bonchev–Trinajstić information content (AvgIpc) is 3.23. The molecule has 0 atom stereocenters. The maximum atomic E-state index is 2.57. The molecule has 6 aromatic carbocycles. The van der Waals surface area contributed by atoms with Gasteiger partial charge in [-0.1, -0.05) is 84.3 Å². The average molecular weight is 425 g/mol. The van der Waals surface area contributed by atoms with Gasteiger partial charge >= 0.3 is 0 Å². The monoisotopic (exact) mass is 425 g/mol. The first-order chi connectivity index (χ1) is 16.9. The number of hydrogen-bond donors (Lipinski definition) is 0. The van der Waals surface area contributed by atoms with Crippen LogP contribution in [0, 0.1) is 0 Å².